The molecule has 1 heterocycles. The first-order valence-electron chi connectivity index (χ1n) is 11.3. The van der Waals surface area contributed by atoms with Crippen LogP contribution in [0.2, 0.25) is 0 Å². The second-order valence-corrected chi connectivity index (χ2v) is 8.97. The fourth-order valence-electron chi connectivity index (χ4n) is 4.74. The number of hydrogen-bond acceptors (Lipinski definition) is 5. The van der Waals surface area contributed by atoms with Crippen LogP contribution in [0.4, 0.5) is 5.69 Å². The van der Waals surface area contributed by atoms with E-state index in [1.165, 1.54) is 17.0 Å². The second-order valence-electron chi connectivity index (χ2n) is 8.97. The molecule has 0 aromatic heterocycles. The van der Waals surface area contributed by atoms with Crippen LogP contribution in [0.1, 0.15) is 55.1 Å². The number of nitrogens with zero attached hydrogens (tertiary/aromatic N) is 1. The topological polar surface area (TPSA) is 92.8 Å². The summed E-state index contributed by atoms with van der Waals surface area (Å²) in [6, 6.07) is 15.5. The Balaban J connectivity index is 1.38. The van der Waals surface area contributed by atoms with Gasteiger partial charge in [-0.05, 0) is 55.9 Å². The van der Waals surface area contributed by atoms with E-state index in [9.17, 15) is 19.2 Å². The molecular formula is C26H28N2O5. The molecule has 0 unspecified atom stereocenters. The molecule has 1 saturated heterocycles. The third-order valence-electron chi connectivity index (χ3n) is 6.54. The van der Waals surface area contributed by atoms with E-state index in [0.29, 0.717) is 24.4 Å². The van der Waals surface area contributed by atoms with Crippen molar-refractivity contribution in [1.29, 1.82) is 0 Å². The third-order valence-corrected chi connectivity index (χ3v) is 6.54. The van der Waals surface area contributed by atoms with Gasteiger partial charge in [0.1, 0.15) is 0 Å². The van der Waals surface area contributed by atoms with E-state index in [1.807, 2.05) is 37.3 Å². The molecule has 2 fully saturated rings. The Morgan fingerprint density at radius 1 is 1.03 bits per heavy atom. The molecule has 1 aliphatic heterocycles. The summed E-state index contributed by atoms with van der Waals surface area (Å²) in [5.74, 6) is -1.65. The van der Waals surface area contributed by atoms with Crippen molar-refractivity contribution in [3.05, 3.63) is 65.7 Å². The highest BCUT2D eigenvalue weighted by Crippen LogP contribution is 2.42. The molecule has 0 bridgehead atoms. The first-order chi connectivity index (χ1) is 15.8. The normalized spacial score (nSPS) is 23.1. The van der Waals surface area contributed by atoms with E-state index in [4.69, 9.17) is 4.74 Å². The lowest BCUT2D eigenvalue weighted by molar-refractivity contribution is -0.125. The van der Waals surface area contributed by atoms with Crippen molar-refractivity contribution in [2.24, 2.45) is 17.8 Å². The Labute approximate surface area is 193 Å². The lowest BCUT2D eigenvalue weighted by Crippen LogP contribution is -2.31. The van der Waals surface area contributed by atoms with Crippen LogP contribution in [0.3, 0.4) is 0 Å². The minimum Gasteiger partial charge on any atom is -0.452 e. The number of hydrogen-bond donors (Lipinski definition) is 1. The minimum absolute atomic E-state index is 0.181. The van der Waals surface area contributed by atoms with Crippen molar-refractivity contribution in [3.8, 4) is 0 Å². The standard InChI is InChI=1S/C26H28N2O5/c1-16-11-12-21-22(13-16)25(31)28(24(21)30)20-10-6-9-19(14-20)26(32)33-15-23(29)27-17(2)18-7-4-3-5-8-18/h3-10,14,16-17,21-22H,11-13,15H2,1-2H3,(H,27,29)/t16-,17+,21+,22+/m1/s1. The van der Waals surface area contributed by atoms with Gasteiger partial charge >= 0.3 is 5.97 Å². The second kappa shape index (κ2) is 9.57. The Bertz CT molecular complexity index is 1070. The quantitative estimate of drug-likeness (QED) is 0.538. The van der Waals surface area contributed by atoms with E-state index >= 15 is 0 Å². The van der Waals surface area contributed by atoms with Crippen molar-refractivity contribution in [2.45, 2.75) is 39.2 Å². The first kappa shape index (κ1) is 22.7. The summed E-state index contributed by atoms with van der Waals surface area (Å²) in [4.78, 5) is 51.8. The summed E-state index contributed by atoms with van der Waals surface area (Å²) in [6.07, 6.45) is 2.36. The zero-order valence-electron chi connectivity index (χ0n) is 18.8. The Morgan fingerprint density at radius 3 is 2.52 bits per heavy atom. The molecule has 2 aromatic rings. The number of anilines is 1. The maximum Gasteiger partial charge on any atom is 0.338 e. The van der Waals surface area contributed by atoms with Crippen LogP contribution in [-0.4, -0.2) is 30.3 Å². The fourth-order valence-corrected chi connectivity index (χ4v) is 4.74. The van der Waals surface area contributed by atoms with Crippen LogP contribution < -0.4 is 10.2 Å². The molecule has 4 rings (SSSR count). The number of nitrogens with one attached hydrogen (secondary N) is 1. The molecular weight excluding hydrogens is 420 g/mol. The van der Waals surface area contributed by atoms with Gasteiger partial charge in [-0.2, -0.15) is 0 Å². The number of imide groups is 1. The molecule has 2 aromatic carbocycles. The van der Waals surface area contributed by atoms with Gasteiger partial charge in [0.05, 0.1) is 29.1 Å². The van der Waals surface area contributed by atoms with Crippen LogP contribution in [0, 0.1) is 17.8 Å². The summed E-state index contributed by atoms with van der Waals surface area (Å²) < 4.78 is 5.17. The van der Waals surface area contributed by atoms with Crippen LogP contribution in [0.5, 0.6) is 0 Å². The molecule has 1 N–H and O–H groups in total. The first-order valence-corrected chi connectivity index (χ1v) is 11.3. The Morgan fingerprint density at radius 2 is 1.76 bits per heavy atom. The maximum absolute atomic E-state index is 12.9. The van der Waals surface area contributed by atoms with Gasteiger partial charge in [-0.3, -0.25) is 19.3 Å². The molecule has 1 saturated carbocycles. The average Bonchev–Trinajstić information content (AvgIpc) is 3.07. The van der Waals surface area contributed by atoms with Crippen molar-refractivity contribution in [3.63, 3.8) is 0 Å². The van der Waals surface area contributed by atoms with Gasteiger partial charge in [0, 0.05) is 0 Å². The van der Waals surface area contributed by atoms with E-state index in [1.54, 1.807) is 12.1 Å². The van der Waals surface area contributed by atoms with Gasteiger partial charge in [0.2, 0.25) is 11.8 Å². The number of amides is 3. The third kappa shape index (κ3) is 4.82. The van der Waals surface area contributed by atoms with Crippen molar-refractivity contribution in [2.75, 3.05) is 11.5 Å². The molecule has 33 heavy (non-hydrogen) atoms. The summed E-state index contributed by atoms with van der Waals surface area (Å²) in [7, 11) is 0. The highest BCUT2D eigenvalue weighted by molar-refractivity contribution is 6.22. The molecule has 172 valence electrons. The summed E-state index contributed by atoms with van der Waals surface area (Å²) in [5.41, 5.74) is 1.49. The van der Waals surface area contributed by atoms with Crippen molar-refractivity contribution >= 4 is 29.4 Å². The largest absolute Gasteiger partial charge is 0.452 e. The number of benzene rings is 2. The summed E-state index contributed by atoms with van der Waals surface area (Å²) in [6.45, 7) is 3.52. The number of carbonyl (C=O) groups is 4. The summed E-state index contributed by atoms with van der Waals surface area (Å²) in [5, 5.41) is 2.79. The predicted octanol–water partition coefficient (Wildman–Crippen LogP) is 3.65. The highest BCUT2D eigenvalue weighted by atomic mass is 16.5. The van der Waals surface area contributed by atoms with E-state index in [2.05, 4.69) is 12.2 Å². The molecule has 2 aliphatic rings. The van der Waals surface area contributed by atoms with Gasteiger partial charge in [-0.25, -0.2) is 4.79 Å². The zero-order chi connectivity index (χ0) is 23.5. The lowest BCUT2D eigenvalue weighted by Gasteiger charge is -2.25. The van der Waals surface area contributed by atoms with Crippen LogP contribution in [0.25, 0.3) is 0 Å². The zero-order valence-corrected chi connectivity index (χ0v) is 18.8. The van der Waals surface area contributed by atoms with Gasteiger partial charge in [0.15, 0.2) is 6.61 Å². The molecule has 0 spiro atoms. The van der Waals surface area contributed by atoms with Gasteiger partial charge in [-0.15, -0.1) is 0 Å². The fraction of sp³-hybridized carbons (Fsp3) is 0.385. The number of rotatable bonds is 6. The van der Waals surface area contributed by atoms with E-state index < -0.39 is 18.5 Å². The SMILES string of the molecule is C[C@@H]1CC[C@@H]2C(=O)N(c3cccc(C(=O)OCC(=O)N[C@@H](C)c4ccccc4)c3)C(=O)[C@H]2C1. The Hall–Kier alpha value is -3.48. The molecule has 4 atom stereocenters. The number of carbonyl (C=O) groups excluding carboxylic acids is 4. The number of fused-ring (bicyclic) bond motifs is 1. The van der Waals surface area contributed by atoms with Gasteiger partial charge in [-0.1, -0.05) is 43.3 Å². The highest BCUT2D eigenvalue weighted by Gasteiger charge is 2.50. The van der Waals surface area contributed by atoms with Crippen LogP contribution in [0.15, 0.2) is 54.6 Å². The van der Waals surface area contributed by atoms with Crippen molar-refractivity contribution < 1.29 is 23.9 Å². The van der Waals surface area contributed by atoms with Gasteiger partial charge in [0.25, 0.3) is 5.91 Å². The average molecular weight is 449 g/mol. The molecule has 7 heteroatoms. The lowest BCUT2D eigenvalue weighted by atomic mass is 9.76. The predicted molar refractivity (Wildman–Crippen MR) is 122 cm³/mol. The number of esters is 1. The van der Waals surface area contributed by atoms with Crippen molar-refractivity contribution in [1.82, 2.24) is 5.32 Å². The van der Waals surface area contributed by atoms with Gasteiger partial charge < -0.3 is 10.1 Å². The molecule has 1 aliphatic carbocycles. The Kier molecular flexibility index (Phi) is 6.58. The molecule has 3 amide bonds. The minimum atomic E-state index is -0.690. The van der Waals surface area contributed by atoms with Crippen LogP contribution >= 0.6 is 0 Å². The molecule has 0 radical (unpaired) electrons. The van der Waals surface area contributed by atoms with E-state index in [-0.39, 0.29) is 35.3 Å². The number of ether oxygens (including phenoxy) is 1. The monoisotopic (exact) mass is 448 g/mol. The smallest absolute Gasteiger partial charge is 0.338 e. The summed E-state index contributed by atoms with van der Waals surface area (Å²) >= 11 is 0. The maximum atomic E-state index is 12.9. The van der Waals surface area contributed by atoms with Crippen LogP contribution in [-0.2, 0) is 19.1 Å². The van der Waals surface area contributed by atoms with E-state index in [0.717, 1.165) is 12.0 Å². The molecule has 7 nitrogen and oxygen atoms in total.